The Balaban J connectivity index is 1.42. The molecular weight excluding hydrogens is 416 g/mol. The van der Waals surface area contributed by atoms with Crippen molar-refractivity contribution in [2.45, 2.75) is 0 Å². The number of hydrogen-bond acceptors (Lipinski definition) is 2. The van der Waals surface area contributed by atoms with Crippen LogP contribution in [0.1, 0.15) is 21.6 Å². The maximum atomic E-state index is 12.5. The zero-order chi connectivity index (χ0) is 21.9. The quantitative estimate of drug-likeness (QED) is 0.319. The van der Waals surface area contributed by atoms with E-state index in [4.69, 9.17) is 11.6 Å². The molecule has 0 fully saturated rings. The van der Waals surface area contributed by atoms with Gasteiger partial charge in [-0.05, 0) is 64.9 Å². The van der Waals surface area contributed by atoms with Crippen LogP contribution in [-0.4, -0.2) is 10.9 Å². The van der Waals surface area contributed by atoms with Crippen LogP contribution in [0.4, 0.5) is 5.69 Å². The van der Waals surface area contributed by atoms with Gasteiger partial charge in [0.1, 0.15) is 0 Å². The number of nitrogens with zero attached hydrogens (tertiary/aromatic N) is 1. The Kier molecular flexibility index (Phi) is 5.40. The highest BCUT2D eigenvalue weighted by Crippen LogP contribution is 2.25. The van der Waals surface area contributed by atoms with E-state index in [0.717, 1.165) is 38.6 Å². The molecule has 0 unspecified atom stereocenters. The molecule has 0 atom stereocenters. The molecule has 4 aromatic carbocycles. The average Bonchev–Trinajstić information content (AvgIpc) is 2.82. The molecule has 4 heteroatoms. The Hall–Kier alpha value is -3.95. The van der Waals surface area contributed by atoms with Gasteiger partial charge in [-0.15, -0.1) is 0 Å². The Bertz CT molecular complexity index is 1480. The van der Waals surface area contributed by atoms with Crippen LogP contribution < -0.4 is 5.32 Å². The van der Waals surface area contributed by atoms with Gasteiger partial charge in [-0.25, -0.2) is 4.98 Å². The lowest BCUT2D eigenvalue weighted by Gasteiger charge is -2.08. The van der Waals surface area contributed by atoms with Gasteiger partial charge >= 0.3 is 0 Å². The van der Waals surface area contributed by atoms with Gasteiger partial charge in [0, 0.05) is 21.7 Å². The van der Waals surface area contributed by atoms with Gasteiger partial charge in [0.2, 0.25) is 0 Å². The Labute approximate surface area is 191 Å². The molecule has 1 amide bonds. The smallest absolute Gasteiger partial charge is 0.255 e. The number of halogens is 1. The summed E-state index contributed by atoms with van der Waals surface area (Å²) in [4.78, 5) is 17.1. The van der Waals surface area contributed by atoms with Crippen LogP contribution in [0.2, 0.25) is 5.02 Å². The van der Waals surface area contributed by atoms with Crippen molar-refractivity contribution in [2.24, 2.45) is 0 Å². The molecule has 0 spiro atoms. The van der Waals surface area contributed by atoms with Crippen molar-refractivity contribution >= 4 is 57.0 Å². The second-order valence-corrected chi connectivity index (χ2v) is 7.95. The summed E-state index contributed by atoms with van der Waals surface area (Å²) in [5, 5.41) is 6.86. The van der Waals surface area contributed by atoms with E-state index in [0.29, 0.717) is 10.6 Å². The van der Waals surface area contributed by atoms with Crippen LogP contribution in [0.5, 0.6) is 0 Å². The fraction of sp³-hybridized carbons (Fsp3) is 0. The first kappa shape index (κ1) is 20.0. The van der Waals surface area contributed by atoms with E-state index in [2.05, 4.69) is 22.4 Å². The van der Waals surface area contributed by atoms with E-state index < -0.39 is 0 Å². The first-order valence-corrected chi connectivity index (χ1v) is 10.7. The van der Waals surface area contributed by atoms with E-state index in [-0.39, 0.29) is 5.91 Å². The molecule has 1 N–H and O–H groups in total. The van der Waals surface area contributed by atoms with Crippen molar-refractivity contribution in [3.63, 3.8) is 0 Å². The number of anilines is 1. The number of pyridine rings is 1. The highest BCUT2D eigenvalue weighted by Gasteiger charge is 2.06. The SMILES string of the molecule is O=C(Nc1ccc2c(/C=C/c3ccc4ccc(Cl)cc4n3)cccc2c1)c1ccccc1. The topological polar surface area (TPSA) is 42.0 Å². The molecule has 5 rings (SSSR count). The Morgan fingerprint density at radius 1 is 0.781 bits per heavy atom. The first-order chi connectivity index (χ1) is 15.7. The molecule has 0 aliphatic rings. The highest BCUT2D eigenvalue weighted by atomic mass is 35.5. The van der Waals surface area contributed by atoms with Gasteiger partial charge in [-0.1, -0.05) is 72.3 Å². The Morgan fingerprint density at radius 2 is 1.62 bits per heavy atom. The van der Waals surface area contributed by atoms with E-state index in [1.807, 2.05) is 84.9 Å². The summed E-state index contributed by atoms with van der Waals surface area (Å²) in [6.07, 6.45) is 4.06. The molecule has 32 heavy (non-hydrogen) atoms. The molecule has 0 aliphatic carbocycles. The lowest BCUT2D eigenvalue weighted by atomic mass is 10.0. The van der Waals surface area contributed by atoms with Crippen molar-refractivity contribution in [2.75, 3.05) is 5.32 Å². The number of benzene rings is 4. The van der Waals surface area contributed by atoms with Crippen molar-refractivity contribution in [1.82, 2.24) is 4.98 Å². The number of hydrogen-bond donors (Lipinski definition) is 1. The predicted octanol–water partition coefficient (Wildman–Crippen LogP) is 7.46. The minimum Gasteiger partial charge on any atom is -0.322 e. The van der Waals surface area contributed by atoms with Crippen molar-refractivity contribution in [1.29, 1.82) is 0 Å². The summed E-state index contributed by atoms with van der Waals surface area (Å²) >= 11 is 6.10. The van der Waals surface area contributed by atoms with Gasteiger partial charge in [-0.3, -0.25) is 4.79 Å². The third kappa shape index (κ3) is 4.25. The van der Waals surface area contributed by atoms with Crippen LogP contribution in [0.3, 0.4) is 0 Å². The summed E-state index contributed by atoms with van der Waals surface area (Å²) in [5.74, 6) is -0.122. The molecular formula is C28H19ClN2O. The average molecular weight is 435 g/mol. The highest BCUT2D eigenvalue weighted by molar-refractivity contribution is 6.31. The monoisotopic (exact) mass is 434 g/mol. The first-order valence-electron chi connectivity index (χ1n) is 10.3. The molecule has 0 aliphatic heterocycles. The van der Waals surface area contributed by atoms with E-state index in [1.165, 1.54) is 0 Å². The maximum Gasteiger partial charge on any atom is 0.255 e. The minimum absolute atomic E-state index is 0.122. The zero-order valence-electron chi connectivity index (χ0n) is 17.1. The van der Waals surface area contributed by atoms with Gasteiger partial charge in [0.25, 0.3) is 5.91 Å². The third-order valence-electron chi connectivity index (χ3n) is 5.32. The van der Waals surface area contributed by atoms with E-state index >= 15 is 0 Å². The number of rotatable bonds is 4. The molecule has 0 saturated heterocycles. The minimum atomic E-state index is -0.122. The van der Waals surface area contributed by atoms with Crippen LogP contribution in [0, 0.1) is 0 Å². The molecule has 1 aromatic heterocycles. The summed E-state index contributed by atoms with van der Waals surface area (Å²) in [6.45, 7) is 0. The number of fused-ring (bicyclic) bond motifs is 2. The molecule has 0 bridgehead atoms. The van der Waals surface area contributed by atoms with Crippen molar-refractivity contribution < 1.29 is 4.79 Å². The fourth-order valence-corrected chi connectivity index (χ4v) is 3.87. The standard InChI is InChI=1S/C28H19ClN2O/c29-23-12-9-20-11-14-24(30-27(20)18-23)13-10-19-7-4-8-22-17-25(15-16-26(19)22)31-28(32)21-5-2-1-3-6-21/h1-18H,(H,31,32)/b13-10+. The predicted molar refractivity (Wildman–Crippen MR) is 134 cm³/mol. The lowest BCUT2D eigenvalue weighted by Crippen LogP contribution is -2.11. The Morgan fingerprint density at radius 3 is 2.50 bits per heavy atom. The molecule has 3 nitrogen and oxygen atoms in total. The molecule has 0 saturated carbocycles. The van der Waals surface area contributed by atoms with Crippen molar-refractivity contribution in [3.05, 3.63) is 119 Å². The van der Waals surface area contributed by atoms with Gasteiger partial charge < -0.3 is 5.32 Å². The number of aromatic nitrogens is 1. The third-order valence-corrected chi connectivity index (χ3v) is 5.55. The van der Waals surface area contributed by atoms with Crippen LogP contribution in [0.15, 0.2) is 97.1 Å². The normalized spacial score (nSPS) is 11.3. The lowest BCUT2D eigenvalue weighted by molar-refractivity contribution is 0.102. The van der Waals surface area contributed by atoms with E-state index in [1.54, 1.807) is 12.1 Å². The molecule has 5 aromatic rings. The number of nitrogens with one attached hydrogen (secondary N) is 1. The van der Waals surface area contributed by atoms with Gasteiger partial charge in [0.05, 0.1) is 11.2 Å². The van der Waals surface area contributed by atoms with Gasteiger partial charge in [0.15, 0.2) is 0 Å². The van der Waals surface area contributed by atoms with E-state index in [9.17, 15) is 4.79 Å². The van der Waals surface area contributed by atoms with Crippen molar-refractivity contribution in [3.8, 4) is 0 Å². The van der Waals surface area contributed by atoms with Gasteiger partial charge in [-0.2, -0.15) is 0 Å². The summed E-state index contributed by atoms with van der Waals surface area (Å²) < 4.78 is 0. The second kappa shape index (κ2) is 8.66. The van der Waals surface area contributed by atoms with Crippen LogP contribution >= 0.6 is 11.6 Å². The summed E-state index contributed by atoms with van der Waals surface area (Å²) in [5.41, 5.74) is 4.21. The fourth-order valence-electron chi connectivity index (χ4n) is 3.70. The summed E-state index contributed by atoms with van der Waals surface area (Å²) in [6, 6.07) is 31.0. The molecule has 154 valence electrons. The number of carbonyl (C=O) groups is 1. The number of carbonyl (C=O) groups excluding carboxylic acids is 1. The number of amides is 1. The second-order valence-electron chi connectivity index (χ2n) is 7.51. The zero-order valence-corrected chi connectivity index (χ0v) is 17.9. The van der Waals surface area contributed by atoms with Crippen LogP contribution in [0.25, 0.3) is 33.8 Å². The summed E-state index contributed by atoms with van der Waals surface area (Å²) in [7, 11) is 0. The van der Waals surface area contributed by atoms with Crippen LogP contribution in [-0.2, 0) is 0 Å². The largest absolute Gasteiger partial charge is 0.322 e. The molecule has 0 radical (unpaired) electrons. The maximum absolute atomic E-state index is 12.5. The molecule has 1 heterocycles.